The van der Waals surface area contributed by atoms with Gasteiger partial charge in [-0.05, 0) is 29.7 Å². The van der Waals surface area contributed by atoms with Crippen LogP contribution in [0.25, 0.3) is 5.57 Å². The van der Waals surface area contributed by atoms with Gasteiger partial charge in [-0.1, -0.05) is 29.8 Å². The minimum atomic E-state index is -0.243. The third-order valence-electron chi connectivity index (χ3n) is 4.21. The van der Waals surface area contributed by atoms with Gasteiger partial charge in [-0.3, -0.25) is 14.4 Å². The first kappa shape index (κ1) is 16.7. The first-order chi connectivity index (χ1) is 11.6. The van der Waals surface area contributed by atoms with Crippen molar-refractivity contribution in [2.24, 2.45) is 5.73 Å². The Labute approximate surface area is 146 Å². The van der Waals surface area contributed by atoms with Crippen LogP contribution in [0.4, 0.5) is 0 Å². The van der Waals surface area contributed by atoms with E-state index in [4.69, 9.17) is 17.3 Å². The molecule has 1 aromatic carbocycles. The number of rotatable bonds is 6. The molecule has 0 aliphatic carbocycles. The summed E-state index contributed by atoms with van der Waals surface area (Å²) >= 11 is 6.02. The van der Waals surface area contributed by atoms with E-state index in [2.05, 4.69) is 22.3 Å². The van der Waals surface area contributed by atoms with Gasteiger partial charge in [0.25, 0.3) is 0 Å². The fourth-order valence-corrected chi connectivity index (χ4v) is 3.10. The SMILES string of the molecule is NC(=O)CCN1CC=C(c2cnn(Cc3cccc(Cl)c3)c2)CC1. The average Bonchev–Trinajstić information content (AvgIpc) is 3.02. The van der Waals surface area contributed by atoms with Crippen LogP contribution in [-0.4, -0.2) is 40.2 Å². The van der Waals surface area contributed by atoms with Gasteiger partial charge in [0.05, 0.1) is 12.7 Å². The van der Waals surface area contributed by atoms with E-state index in [0.717, 1.165) is 42.2 Å². The van der Waals surface area contributed by atoms with Crippen LogP contribution in [-0.2, 0) is 11.3 Å². The quantitative estimate of drug-likeness (QED) is 0.875. The summed E-state index contributed by atoms with van der Waals surface area (Å²) in [5, 5.41) is 5.19. The van der Waals surface area contributed by atoms with Gasteiger partial charge in [0.2, 0.25) is 5.91 Å². The number of aromatic nitrogens is 2. The topological polar surface area (TPSA) is 64.2 Å². The van der Waals surface area contributed by atoms with Crippen molar-refractivity contribution in [3.05, 3.63) is 58.9 Å². The zero-order valence-electron chi connectivity index (χ0n) is 13.5. The van der Waals surface area contributed by atoms with Gasteiger partial charge < -0.3 is 5.73 Å². The van der Waals surface area contributed by atoms with Crippen LogP contribution < -0.4 is 5.73 Å². The van der Waals surface area contributed by atoms with Gasteiger partial charge in [0, 0.05) is 42.8 Å². The number of nitrogens with two attached hydrogens (primary N) is 1. The maximum Gasteiger partial charge on any atom is 0.218 e. The highest BCUT2D eigenvalue weighted by Crippen LogP contribution is 2.22. The summed E-state index contributed by atoms with van der Waals surface area (Å²) < 4.78 is 1.93. The van der Waals surface area contributed by atoms with E-state index in [9.17, 15) is 4.79 Å². The molecule has 2 aromatic rings. The van der Waals surface area contributed by atoms with Crippen molar-refractivity contribution in [2.75, 3.05) is 19.6 Å². The molecule has 0 bridgehead atoms. The number of nitrogens with zero attached hydrogens (tertiary/aromatic N) is 3. The molecule has 1 aromatic heterocycles. The second-order valence-corrected chi connectivity index (χ2v) is 6.49. The van der Waals surface area contributed by atoms with E-state index >= 15 is 0 Å². The van der Waals surface area contributed by atoms with Gasteiger partial charge >= 0.3 is 0 Å². The van der Waals surface area contributed by atoms with Crippen molar-refractivity contribution in [1.82, 2.24) is 14.7 Å². The highest BCUT2D eigenvalue weighted by molar-refractivity contribution is 6.30. The fraction of sp³-hybridized carbons (Fsp3) is 0.333. The summed E-state index contributed by atoms with van der Waals surface area (Å²) in [6.45, 7) is 3.23. The molecule has 0 saturated heterocycles. The standard InChI is InChI=1S/C18H21ClN4O/c19-17-3-1-2-14(10-17)12-23-13-16(11-21-23)15-4-7-22(8-5-15)9-6-18(20)24/h1-4,10-11,13H,5-9,12H2,(H2,20,24). The maximum atomic E-state index is 10.9. The summed E-state index contributed by atoms with van der Waals surface area (Å²) in [5.41, 5.74) is 8.80. The lowest BCUT2D eigenvalue weighted by Gasteiger charge is -2.25. The van der Waals surface area contributed by atoms with Crippen molar-refractivity contribution in [3.8, 4) is 0 Å². The van der Waals surface area contributed by atoms with Crippen LogP contribution in [0.1, 0.15) is 24.0 Å². The predicted octanol–water partition coefficient (Wildman–Crippen LogP) is 2.55. The predicted molar refractivity (Wildman–Crippen MR) is 95.6 cm³/mol. The molecule has 0 fully saturated rings. The molecule has 1 amide bonds. The summed E-state index contributed by atoms with van der Waals surface area (Å²) in [6, 6.07) is 7.83. The Morgan fingerprint density at radius 2 is 2.25 bits per heavy atom. The maximum absolute atomic E-state index is 10.9. The smallest absolute Gasteiger partial charge is 0.218 e. The second-order valence-electron chi connectivity index (χ2n) is 6.05. The third-order valence-corrected chi connectivity index (χ3v) is 4.44. The molecule has 3 rings (SSSR count). The molecule has 1 aliphatic rings. The van der Waals surface area contributed by atoms with Gasteiger partial charge in [-0.15, -0.1) is 0 Å². The number of primary amides is 1. The molecule has 5 nitrogen and oxygen atoms in total. The summed E-state index contributed by atoms with van der Waals surface area (Å²) in [4.78, 5) is 13.1. The number of hydrogen-bond donors (Lipinski definition) is 1. The minimum Gasteiger partial charge on any atom is -0.370 e. The Hall–Kier alpha value is -2.11. The molecule has 2 heterocycles. The molecular weight excluding hydrogens is 324 g/mol. The van der Waals surface area contributed by atoms with Gasteiger partial charge in [0.1, 0.15) is 0 Å². The zero-order chi connectivity index (χ0) is 16.9. The van der Waals surface area contributed by atoms with Crippen LogP contribution in [0.3, 0.4) is 0 Å². The van der Waals surface area contributed by atoms with E-state index in [1.807, 2.05) is 35.1 Å². The van der Waals surface area contributed by atoms with Crippen molar-refractivity contribution < 1.29 is 4.79 Å². The molecule has 0 atom stereocenters. The van der Waals surface area contributed by atoms with Gasteiger partial charge in [0.15, 0.2) is 0 Å². The lowest BCUT2D eigenvalue weighted by Crippen LogP contribution is -2.31. The highest BCUT2D eigenvalue weighted by atomic mass is 35.5. The van der Waals surface area contributed by atoms with E-state index in [-0.39, 0.29) is 5.91 Å². The van der Waals surface area contributed by atoms with E-state index in [1.165, 1.54) is 5.57 Å². The second kappa shape index (κ2) is 7.64. The van der Waals surface area contributed by atoms with Crippen LogP contribution >= 0.6 is 11.6 Å². The molecule has 6 heteroatoms. The van der Waals surface area contributed by atoms with Crippen LogP contribution in [0.15, 0.2) is 42.7 Å². The van der Waals surface area contributed by atoms with Crippen molar-refractivity contribution in [1.29, 1.82) is 0 Å². The van der Waals surface area contributed by atoms with E-state index < -0.39 is 0 Å². The number of amides is 1. The van der Waals surface area contributed by atoms with Crippen LogP contribution in [0.2, 0.25) is 5.02 Å². The molecular formula is C18H21ClN4O. The number of hydrogen-bond acceptors (Lipinski definition) is 3. The Balaban J connectivity index is 1.60. The molecule has 2 N–H and O–H groups in total. The molecule has 24 heavy (non-hydrogen) atoms. The molecule has 0 radical (unpaired) electrons. The van der Waals surface area contributed by atoms with Crippen molar-refractivity contribution in [3.63, 3.8) is 0 Å². The Kier molecular flexibility index (Phi) is 5.33. The lowest BCUT2D eigenvalue weighted by atomic mass is 10.0. The van der Waals surface area contributed by atoms with Crippen molar-refractivity contribution in [2.45, 2.75) is 19.4 Å². The lowest BCUT2D eigenvalue weighted by molar-refractivity contribution is -0.118. The Morgan fingerprint density at radius 3 is 2.96 bits per heavy atom. The normalized spacial score (nSPS) is 15.3. The van der Waals surface area contributed by atoms with Crippen LogP contribution in [0, 0.1) is 0 Å². The highest BCUT2D eigenvalue weighted by Gasteiger charge is 2.14. The average molecular weight is 345 g/mol. The summed E-state index contributed by atoms with van der Waals surface area (Å²) in [6.07, 6.45) is 7.58. The van der Waals surface area contributed by atoms with Crippen molar-refractivity contribution >= 4 is 23.1 Å². The van der Waals surface area contributed by atoms with Gasteiger partial charge in [-0.2, -0.15) is 5.10 Å². The molecule has 126 valence electrons. The molecule has 0 spiro atoms. The third kappa shape index (κ3) is 4.46. The number of halogens is 1. The zero-order valence-corrected chi connectivity index (χ0v) is 14.2. The Bertz CT molecular complexity index is 753. The number of carbonyl (C=O) groups is 1. The minimum absolute atomic E-state index is 0.243. The van der Waals surface area contributed by atoms with E-state index in [0.29, 0.717) is 13.0 Å². The summed E-state index contributed by atoms with van der Waals surface area (Å²) in [7, 11) is 0. The first-order valence-electron chi connectivity index (χ1n) is 8.07. The first-order valence-corrected chi connectivity index (χ1v) is 8.45. The number of benzene rings is 1. The van der Waals surface area contributed by atoms with Crippen LogP contribution in [0.5, 0.6) is 0 Å². The largest absolute Gasteiger partial charge is 0.370 e. The fourth-order valence-electron chi connectivity index (χ4n) is 2.88. The number of carbonyl (C=O) groups excluding carboxylic acids is 1. The summed E-state index contributed by atoms with van der Waals surface area (Å²) in [5.74, 6) is -0.243. The molecule has 1 aliphatic heterocycles. The monoisotopic (exact) mass is 344 g/mol. The Morgan fingerprint density at radius 1 is 1.38 bits per heavy atom. The van der Waals surface area contributed by atoms with E-state index in [1.54, 1.807) is 0 Å². The molecule has 0 saturated carbocycles. The van der Waals surface area contributed by atoms with Gasteiger partial charge in [-0.25, -0.2) is 0 Å². The molecule has 0 unspecified atom stereocenters.